The van der Waals surface area contributed by atoms with Crippen LogP contribution >= 0.6 is 0 Å². The SMILES string of the molecule is CC(O)c1ccc(NC(=O)CC(C)(C)C)cc1. The standard InChI is InChI=1S/C14H21NO2/c1-10(16)11-5-7-12(8-6-11)15-13(17)9-14(2,3)4/h5-8,10,16H,9H2,1-4H3,(H,15,17). The first kappa shape index (κ1) is 13.7. The summed E-state index contributed by atoms with van der Waals surface area (Å²) in [5.41, 5.74) is 1.60. The van der Waals surface area contributed by atoms with Gasteiger partial charge >= 0.3 is 0 Å². The smallest absolute Gasteiger partial charge is 0.224 e. The van der Waals surface area contributed by atoms with Crippen molar-refractivity contribution < 1.29 is 9.90 Å². The van der Waals surface area contributed by atoms with Crippen LogP contribution in [-0.2, 0) is 4.79 Å². The molecule has 1 aromatic rings. The van der Waals surface area contributed by atoms with Crippen LogP contribution in [0.3, 0.4) is 0 Å². The molecule has 2 N–H and O–H groups in total. The Labute approximate surface area is 103 Å². The molecule has 1 atom stereocenters. The van der Waals surface area contributed by atoms with Crippen molar-refractivity contribution in [3.8, 4) is 0 Å². The van der Waals surface area contributed by atoms with E-state index in [2.05, 4.69) is 5.32 Å². The van der Waals surface area contributed by atoms with E-state index >= 15 is 0 Å². The summed E-state index contributed by atoms with van der Waals surface area (Å²) < 4.78 is 0. The number of aliphatic hydroxyl groups excluding tert-OH is 1. The molecule has 0 aliphatic carbocycles. The molecule has 1 aromatic carbocycles. The number of aliphatic hydroxyl groups is 1. The van der Waals surface area contributed by atoms with Crippen LogP contribution in [-0.4, -0.2) is 11.0 Å². The largest absolute Gasteiger partial charge is 0.389 e. The fourth-order valence-electron chi connectivity index (χ4n) is 1.53. The lowest BCUT2D eigenvalue weighted by Crippen LogP contribution is -2.19. The average molecular weight is 235 g/mol. The van der Waals surface area contributed by atoms with E-state index in [1.165, 1.54) is 0 Å². The van der Waals surface area contributed by atoms with Crippen molar-refractivity contribution >= 4 is 11.6 Å². The fourth-order valence-corrected chi connectivity index (χ4v) is 1.53. The van der Waals surface area contributed by atoms with Gasteiger partial charge in [-0.05, 0) is 30.0 Å². The van der Waals surface area contributed by atoms with E-state index in [4.69, 9.17) is 0 Å². The van der Waals surface area contributed by atoms with E-state index in [1.54, 1.807) is 6.92 Å². The number of nitrogens with one attached hydrogen (secondary N) is 1. The summed E-state index contributed by atoms with van der Waals surface area (Å²) in [6.07, 6.45) is 0.0137. The van der Waals surface area contributed by atoms with Crippen LogP contribution in [0, 0.1) is 5.41 Å². The van der Waals surface area contributed by atoms with Crippen LogP contribution in [0.4, 0.5) is 5.69 Å². The first-order valence-corrected chi connectivity index (χ1v) is 5.86. The van der Waals surface area contributed by atoms with Gasteiger partial charge in [0.25, 0.3) is 0 Å². The van der Waals surface area contributed by atoms with E-state index in [1.807, 2.05) is 45.0 Å². The predicted octanol–water partition coefficient (Wildman–Crippen LogP) is 3.11. The maximum Gasteiger partial charge on any atom is 0.224 e. The zero-order valence-corrected chi connectivity index (χ0v) is 10.9. The topological polar surface area (TPSA) is 49.3 Å². The van der Waals surface area contributed by atoms with Gasteiger partial charge in [-0.3, -0.25) is 4.79 Å². The van der Waals surface area contributed by atoms with Crippen molar-refractivity contribution in [1.29, 1.82) is 0 Å². The first-order valence-electron chi connectivity index (χ1n) is 5.86. The second kappa shape index (κ2) is 5.32. The van der Waals surface area contributed by atoms with Crippen molar-refractivity contribution in [2.45, 2.75) is 40.2 Å². The lowest BCUT2D eigenvalue weighted by molar-refractivity contribution is -0.117. The van der Waals surface area contributed by atoms with Crippen LogP contribution in [0.5, 0.6) is 0 Å². The third-order valence-corrected chi connectivity index (χ3v) is 2.37. The first-order chi connectivity index (χ1) is 7.78. The Bertz CT molecular complexity index is 374. The average Bonchev–Trinajstić information content (AvgIpc) is 2.15. The summed E-state index contributed by atoms with van der Waals surface area (Å²) in [7, 11) is 0. The van der Waals surface area contributed by atoms with Crippen molar-refractivity contribution in [1.82, 2.24) is 0 Å². The van der Waals surface area contributed by atoms with E-state index in [9.17, 15) is 9.90 Å². The molecule has 0 aliphatic rings. The van der Waals surface area contributed by atoms with Gasteiger partial charge in [0.05, 0.1) is 6.10 Å². The quantitative estimate of drug-likeness (QED) is 0.845. The summed E-state index contributed by atoms with van der Waals surface area (Å²) in [4.78, 5) is 11.7. The second-order valence-corrected chi connectivity index (χ2v) is 5.58. The van der Waals surface area contributed by atoms with Gasteiger partial charge in [0, 0.05) is 12.1 Å². The Kier molecular flexibility index (Phi) is 4.29. The number of carbonyl (C=O) groups excluding carboxylic acids is 1. The minimum absolute atomic E-state index is 0.0103. The zero-order valence-electron chi connectivity index (χ0n) is 10.9. The van der Waals surface area contributed by atoms with Crippen LogP contribution in [0.25, 0.3) is 0 Å². The number of amides is 1. The van der Waals surface area contributed by atoms with Gasteiger partial charge in [0.15, 0.2) is 0 Å². The lowest BCUT2D eigenvalue weighted by Gasteiger charge is -2.17. The monoisotopic (exact) mass is 235 g/mol. The zero-order chi connectivity index (χ0) is 13.1. The molecule has 94 valence electrons. The molecule has 0 radical (unpaired) electrons. The number of hydrogen-bond donors (Lipinski definition) is 2. The Balaban J connectivity index is 2.61. The maximum atomic E-state index is 11.7. The van der Waals surface area contributed by atoms with Crippen molar-refractivity contribution in [2.24, 2.45) is 5.41 Å². The van der Waals surface area contributed by atoms with E-state index < -0.39 is 6.10 Å². The van der Waals surface area contributed by atoms with Gasteiger partial charge in [-0.15, -0.1) is 0 Å². The third-order valence-electron chi connectivity index (χ3n) is 2.37. The highest BCUT2D eigenvalue weighted by molar-refractivity contribution is 5.91. The maximum absolute atomic E-state index is 11.7. The number of anilines is 1. The van der Waals surface area contributed by atoms with Crippen molar-refractivity contribution in [2.75, 3.05) is 5.32 Å². The van der Waals surface area contributed by atoms with Crippen LogP contribution in [0.15, 0.2) is 24.3 Å². The lowest BCUT2D eigenvalue weighted by atomic mass is 9.92. The molecule has 0 aliphatic heterocycles. The third kappa shape index (κ3) is 5.00. The highest BCUT2D eigenvalue weighted by Gasteiger charge is 2.15. The molecule has 1 rings (SSSR count). The van der Waals surface area contributed by atoms with Gasteiger partial charge < -0.3 is 10.4 Å². The van der Waals surface area contributed by atoms with Gasteiger partial charge in [0.2, 0.25) is 5.91 Å². The van der Waals surface area contributed by atoms with Gasteiger partial charge in [0.1, 0.15) is 0 Å². The number of rotatable bonds is 3. The molecule has 17 heavy (non-hydrogen) atoms. The molecule has 0 saturated carbocycles. The van der Waals surface area contributed by atoms with E-state index in [0.29, 0.717) is 6.42 Å². The molecule has 3 nitrogen and oxygen atoms in total. The summed E-state index contributed by atoms with van der Waals surface area (Å²) >= 11 is 0. The van der Waals surface area contributed by atoms with Crippen LogP contribution in [0.2, 0.25) is 0 Å². The summed E-state index contributed by atoms with van der Waals surface area (Å²) in [5.74, 6) is 0.0160. The van der Waals surface area contributed by atoms with E-state index in [-0.39, 0.29) is 11.3 Å². The molecule has 0 saturated heterocycles. The molecule has 1 amide bonds. The Morgan fingerprint density at radius 1 is 1.29 bits per heavy atom. The number of hydrogen-bond acceptors (Lipinski definition) is 2. The molecule has 0 spiro atoms. The highest BCUT2D eigenvalue weighted by Crippen LogP contribution is 2.20. The van der Waals surface area contributed by atoms with Crippen molar-refractivity contribution in [3.63, 3.8) is 0 Å². The normalized spacial score (nSPS) is 13.2. The summed E-state index contributed by atoms with van der Waals surface area (Å²) in [6, 6.07) is 7.25. The van der Waals surface area contributed by atoms with Crippen LogP contribution < -0.4 is 5.32 Å². The second-order valence-electron chi connectivity index (χ2n) is 5.58. The van der Waals surface area contributed by atoms with Crippen molar-refractivity contribution in [3.05, 3.63) is 29.8 Å². The number of benzene rings is 1. The molecule has 0 aromatic heterocycles. The number of carbonyl (C=O) groups is 1. The Morgan fingerprint density at radius 2 is 1.82 bits per heavy atom. The fraction of sp³-hybridized carbons (Fsp3) is 0.500. The highest BCUT2D eigenvalue weighted by atomic mass is 16.3. The molecule has 0 bridgehead atoms. The Hall–Kier alpha value is -1.35. The molecule has 1 unspecified atom stereocenters. The van der Waals surface area contributed by atoms with E-state index in [0.717, 1.165) is 11.3 Å². The Morgan fingerprint density at radius 3 is 2.24 bits per heavy atom. The minimum atomic E-state index is -0.477. The molecule has 3 heteroatoms. The van der Waals surface area contributed by atoms with Gasteiger partial charge in [-0.2, -0.15) is 0 Å². The molecular formula is C14H21NO2. The van der Waals surface area contributed by atoms with Crippen LogP contribution in [0.1, 0.15) is 45.8 Å². The summed E-state index contributed by atoms with van der Waals surface area (Å²) in [5, 5.41) is 12.2. The molecular weight excluding hydrogens is 214 g/mol. The summed E-state index contributed by atoms with van der Waals surface area (Å²) in [6.45, 7) is 7.81. The molecule has 0 fully saturated rings. The molecule has 0 heterocycles. The van der Waals surface area contributed by atoms with Gasteiger partial charge in [-0.1, -0.05) is 32.9 Å². The predicted molar refractivity (Wildman–Crippen MR) is 69.8 cm³/mol. The minimum Gasteiger partial charge on any atom is -0.389 e. The van der Waals surface area contributed by atoms with Gasteiger partial charge in [-0.25, -0.2) is 0 Å².